The Morgan fingerprint density at radius 3 is 2.72 bits per heavy atom. The highest BCUT2D eigenvalue weighted by molar-refractivity contribution is 6.30. The van der Waals surface area contributed by atoms with Crippen LogP contribution in [0, 0.1) is 5.82 Å². The predicted molar refractivity (Wildman–Crippen MR) is 97.8 cm³/mol. The monoisotopic (exact) mass is 429 g/mol. The van der Waals surface area contributed by atoms with Gasteiger partial charge >= 0.3 is 12.1 Å². The van der Waals surface area contributed by atoms with E-state index in [2.05, 4.69) is 20.3 Å². The molecule has 154 valence electrons. The third kappa shape index (κ3) is 4.40. The van der Waals surface area contributed by atoms with Gasteiger partial charge in [0.25, 0.3) is 5.92 Å². The van der Waals surface area contributed by atoms with Gasteiger partial charge < -0.3 is 15.2 Å². The van der Waals surface area contributed by atoms with E-state index in [1.165, 1.54) is 18.5 Å². The van der Waals surface area contributed by atoms with Crippen LogP contribution in [0.25, 0.3) is 0 Å². The van der Waals surface area contributed by atoms with Crippen LogP contribution in [0.3, 0.4) is 0 Å². The van der Waals surface area contributed by atoms with Gasteiger partial charge in [-0.2, -0.15) is 0 Å². The lowest BCUT2D eigenvalue weighted by atomic mass is 9.85. The molecule has 0 saturated heterocycles. The quantitative estimate of drug-likeness (QED) is 0.775. The van der Waals surface area contributed by atoms with E-state index in [4.69, 9.17) is 26.8 Å². The van der Waals surface area contributed by atoms with E-state index in [0.717, 1.165) is 19.1 Å². The van der Waals surface area contributed by atoms with E-state index in [0.29, 0.717) is 0 Å². The lowest BCUT2D eigenvalue weighted by Gasteiger charge is -2.33. The van der Waals surface area contributed by atoms with Gasteiger partial charge in [-0.15, -0.1) is 0 Å². The molecule has 1 aliphatic heterocycles. The third-order valence-electron chi connectivity index (χ3n) is 4.13. The van der Waals surface area contributed by atoms with Crippen molar-refractivity contribution in [1.29, 1.82) is 0 Å². The number of hydrogen-bond acceptors (Lipinski definition) is 7. The Morgan fingerprint density at radius 1 is 1.34 bits per heavy atom. The minimum absolute atomic E-state index is 0.0173. The predicted octanol–water partition coefficient (Wildman–Crippen LogP) is 3.12. The fraction of sp³-hybridized carbons (Fsp3) is 0.294. The van der Waals surface area contributed by atoms with Crippen LogP contribution in [0.4, 0.5) is 23.7 Å². The summed E-state index contributed by atoms with van der Waals surface area (Å²) >= 11 is 5.64. The van der Waals surface area contributed by atoms with E-state index in [1.807, 2.05) is 0 Å². The minimum atomic E-state index is -3.56. The van der Waals surface area contributed by atoms with Crippen molar-refractivity contribution in [3.05, 3.63) is 47.0 Å². The molecule has 0 aliphatic carbocycles. The summed E-state index contributed by atoms with van der Waals surface area (Å²) in [6, 6.07) is 2.83. The average Bonchev–Trinajstić information content (AvgIpc) is 2.74. The molecule has 1 amide bonds. The standard InChI is InChI=1S/C17H15ClF3N5O3/c1-16(17(20,21)8-28-7-13(22)26-16)11-4-10(2-3-12(11)19)25-15(27)29-14-23-5-9(18)6-24-14/h2-6H,7-8H2,1H3,(H2,22,26)(H,25,27)/t16-/m1/s1. The van der Waals surface area contributed by atoms with Gasteiger partial charge in [-0.05, 0) is 25.1 Å². The molecule has 1 aromatic carbocycles. The minimum Gasteiger partial charge on any atom is -0.385 e. The number of aromatic nitrogens is 2. The molecule has 0 unspecified atom stereocenters. The zero-order chi connectivity index (χ0) is 21.2. The number of benzene rings is 1. The molecule has 2 heterocycles. The first-order valence-electron chi connectivity index (χ1n) is 8.17. The molecule has 0 bridgehead atoms. The third-order valence-corrected chi connectivity index (χ3v) is 4.33. The Morgan fingerprint density at radius 2 is 2.03 bits per heavy atom. The summed E-state index contributed by atoms with van der Waals surface area (Å²) in [6.07, 6.45) is 1.41. The van der Waals surface area contributed by atoms with E-state index in [1.54, 1.807) is 0 Å². The summed E-state index contributed by atoms with van der Waals surface area (Å²) in [5.41, 5.74) is 2.75. The lowest BCUT2D eigenvalue weighted by molar-refractivity contribution is -0.116. The van der Waals surface area contributed by atoms with E-state index in [9.17, 15) is 18.0 Å². The van der Waals surface area contributed by atoms with Crippen LogP contribution in [0.5, 0.6) is 6.01 Å². The molecule has 1 aliphatic rings. The number of carbonyl (C=O) groups excluding carboxylic acids is 1. The molecule has 0 spiro atoms. The maximum atomic E-state index is 14.7. The maximum Gasteiger partial charge on any atom is 0.419 e. The number of alkyl halides is 2. The molecule has 29 heavy (non-hydrogen) atoms. The topological polar surface area (TPSA) is 112 Å². The lowest BCUT2D eigenvalue weighted by Crippen LogP contribution is -2.45. The van der Waals surface area contributed by atoms with Gasteiger partial charge in [0.2, 0.25) is 0 Å². The van der Waals surface area contributed by atoms with Crippen molar-refractivity contribution in [3.63, 3.8) is 0 Å². The molecule has 1 aromatic heterocycles. The number of amides is 1. The van der Waals surface area contributed by atoms with Crippen LogP contribution >= 0.6 is 11.6 Å². The Balaban J connectivity index is 1.88. The van der Waals surface area contributed by atoms with Gasteiger partial charge in [-0.25, -0.2) is 27.9 Å². The van der Waals surface area contributed by atoms with Crippen LogP contribution in [-0.2, 0) is 10.3 Å². The zero-order valence-corrected chi connectivity index (χ0v) is 15.7. The van der Waals surface area contributed by atoms with Gasteiger partial charge in [0.15, 0.2) is 5.54 Å². The van der Waals surface area contributed by atoms with Crippen molar-refractivity contribution < 1.29 is 27.4 Å². The second-order valence-electron chi connectivity index (χ2n) is 6.27. The van der Waals surface area contributed by atoms with Crippen molar-refractivity contribution in [2.45, 2.75) is 18.4 Å². The number of nitrogens with zero attached hydrogens (tertiary/aromatic N) is 3. The molecular weight excluding hydrogens is 415 g/mol. The number of hydrogen-bond donors (Lipinski definition) is 2. The zero-order valence-electron chi connectivity index (χ0n) is 15.0. The molecule has 0 saturated carbocycles. The first kappa shape index (κ1) is 20.8. The van der Waals surface area contributed by atoms with Crippen molar-refractivity contribution in [2.75, 3.05) is 18.5 Å². The van der Waals surface area contributed by atoms with Gasteiger partial charge in [-0.1, -0.05) is 11.6 Å². The van der Waals surface area contributed by atoms with E-state index >= 15 is 0 Å². The SMILES string of the molecule is C[C@]1(c2cc(NC(=O)Oc3ncc(Cl)cn3)ccc2F)N=C(N)COCC1(F)F. The fourth-order valence-electron chi connectivity index (χ4n) is 2.64. The summed E-state index contributed by atoms with van der Waals surface area (Å²) in [5.74, 6) is -4.72. The Bertz CT molecular complexity index is 958. The van der Waals surface area contributed by atoms with E-state index < -0.39 is 35.5 Å². The van der Waals surface area contributed by atoms with Gasteiger partial charge in [0.05, 0.1) is 17.4 Å². The molecule has 8 nitrogen and oxygen atoms in total. The largest absolute Gasteiger partial charge is 0.419 e. The first-order valence-corrected chi connectivity index (χ1v) is 8.55. The van der Waals surface area contributed by atoms with Gasteiger partial charge in [0.1, 0.15) is 24.9 Å². The number of ether oxygens (including phenoxy) is 2. The summed E-state index contributed by atoms with van der Waals surface area (Å²) in [6.45, 7) is -0.268. The van der Waals surface area contributed by atoms with Crippen molar-refractivity contribution in [1.82, 2.24) is 9.97 Å². The van der Waals surface area contributed by atoms with Crippen molar-refractivity contribution in [2.24, 2.45) is 10.7 Å². The van der Waals surface area contributed by atoms with Crippen LogP contribution in [0.15, 0.2) is 35.6 Å². The number of amidine groups is 1. The number of nitrogens with one attached hydrogen (secondary N) is 1. The normalized spacial score (nSPS) is 21.1. The molecule has 3 N–H and O–H groups in total. The summed E-state index contributed by atoms with van der Waals surface area (Å²) in [4.78, 5) is 23.2. The van der Waals surface area contributed by atoms with Crippen molar-refractivity contribution >= 4 is 29.2 Å². The highest BCUT2D eigenvalue weighted by atomic mass is 35.5. The smallest absolute Gasteiger partial charge is 0.385 e. The number of nitrogens with two attached hydrogens (primary N) is 1. The average molecular weight is 430 g/mol. The second-order valence-corrected chi connectivity index (χ2v) is 6.70. The molecular formula is C17H15ClF3N5O3. The second kappa shape index (κ2) is 7.84. The highest BCUT2D eigenvalue weighted by Gasteiger charge is 2.54. The number of halogens is 4. The van der Waals surface area contributed by atoms with E-state index in [-0.39, 0.29) is 29.2 Å². The molecule has 12 heteroatoms. The summed E-state index contributed by atoms with van der Waals surface area (Å²) in [5, 5.41) is 2.52. The Labute approximate surface area is 167 Å². The number of anilines is 1. The molecule has 0 radical (unpaired) electrons. The highest BCUT2D eigenvalue weighted by Crippen LogP contribution is 2.44. The number of aliphatic imine (C=N–C) groups is 1. The number of carbonyl (C=O) groups is 1. The van der Waals surface area contributed by atoms with Gasteiger partial charge in [-0.3, -0.25) is 10.3 Å². The van der Waals surface area contributed by atoms with Gasteiger partial charge in [0, 0.05) is 11.3 Å². The summed E-state index contributed by atoms with van der Waals surface area (Å²) < 4.78 is 53.5. The Hall–Kier alpha value is -2.92. The van der Waals surface area contributed by atoms with Crippen LogP contribution in [-0.4, -0.2) is 41.0 Å². The first-order chi connectivity index (χ1) is 13.6. The summed E-state index contributed by atoms with van der Waals surface area (Å²) in [7, 11) is 0. The molecule has 2 aromatic rings. The van der Waals surface area contributed by atoms with Crippen LogP contribution < -0.4 is 15.8 Å². The van der Waals surface area contributed by atoms with Crippen LogP contribution in [0.1, 0.15) is 12.5 Å². The Kier molecular flexibility index (Phi) is 5.62. The molecule has 0 fully saturated rings. The molecule has 1 atom stereocenters. The van der Waals surface area contributed by atoms with Crippen molar-refractivity contribution in [3.8, 4) is 6.01 Å². The van der Waals surface area contributed by atoms with Crippen LogP contribution in [0.2, 0.25) is 5.02 Å². The maximum absolute atomic E-state index is 14.7. The fourth-order valence-corrected chi connectivity index (χ4v) is 2.74. The number of rotatable bonds is 3. The molecule has 3 rings (SSSR count).